The molecule has 2 rings (SSSR count). The maximum absolute atomic E-state index is 13.0. The average molecular weight is 469 g/mol. The van der Waals surface area contributed by atoms with Crippen LogP contribution in [-0.2, 0) is 9.47 Å². The minimum absolute atomic E-state index is 0.297. The quantitative estimate of drug-likeness (QED) is 0.162. The SMILES string of the molecule is CCCCCCCCCOC(=O)c1ccc2ccccc2c1C(=O)OCCCCCCCCC. The molecule has 34 heavy (non-hydrogen) atoms. The Morgan fingerprint density at radius 1 is 0.588 bits per heavy atom. The van der Waals surface area contributed by atoms with E-state index >= 15 is 0 Å². The van der Waals surface area contributed by atoms with E-state index < -0.39 is 11.9 Å². The van der Waals surface area contributed by atoms with Crippen molar-refractivity contribution in [2.75, 3.05) is 13.2 Å². The molecule has 0 aromatic heterocycles. The highest BCUT2D eigenvalue weighted by Gasteiger charge is 2.22. The molecule has 0 aliphatic carbocycles. The van der Waals surface area contributed by atoms with Crippen LogP contribution < -0.4 is 0 Å². The van der Waals surface area contributed by atoms with Crippen LogP contribution in [0, 0.1) is 0 Å². The number of fused-ring (bicyclic) bond motifs is 1. The van der Waals surface area contributed by atoms with E-state index in [1.54, 1.807) is 6.07 Å². The average Bonchev–Trinajstić information content (AvgIpc) is 2.86. The molecule has 0 radical (unpaired) electrons. The van der Waals surface area contributed by atoms with Crippen molar-refractivity contribution in [1.82, 2.24) is 0 Å². The summed E-state index contributed by atoms with van der Waals surface area (Å²) in [5, 5.41) is 1.64. The lowest BCUT2D eigenvalue weighted by Gasteiger charge is -2.13. The minimum Gasteiger partial charge on any atom is -0.462 e. The van der Waals surface area contributed by atoms with Gasteiger partial charge in [0.15, 0.2) is 0 Å². The van der Waals surface area contributed by atoms with Crippen LogP contribution in [0.4, 0.5) is 0 Å². The minimum atomic E-state index is -0.445. The number of carbonyl (C=O) groups is 2. The second-order valence-corrected chi connectivity index (χ2v) is 9.22. The van der Waals surface area contributed by atoms with Crippen LogP contribution in [0.3, 0.4) is 0 Å². The predicted molar refractivity (Wildman–Crippen MR) is 140 cm³/mol. The number of unbranched alkanes of at least 4 members (excludes halogenated alkanes) is 12. The van der Waals surface area contributed by atoms with E-state index in [0.717, 1.165) is 36.5 Å². The molecule has 2 aromatic carbocycles. The van der Waals surface area contributed by atoms with Crippen LogP contribution in [0.1, 0.15) is 124 Å². The molecule has 0 aliphatic heterocycles. The number of hydrogen-bond acceptors (Lipinski definition) is 4. The summed E-state index contributed by atoms with van der Waals surface area (Å²) in [6, 6.07) is 11.2. The third-order valence-electron chi connectivity index (χ3n) is 6.32. The summed E-state index contributed by atoms with van der Waals surface area (Å²) in [4.78, 5) is 25.9. The number of rotatable bonds is 18. The molecule has 4 heteroatoms. The molecule has 2 aromatic rings. The van der Waals surface area contributed by atoms with Crippen molar-refractivity contribution in [1.29, 1.82) is 0 Å². The van der Waals surface area contributed by atoms with E-state index in [2.05, 4.69) is 13.8 Å². The van der Waals surface area contributed by atoms with Crippen LogP contribution in [0.15, 0.2) is 36.4 Å². The van der Waals surface area contributed by atoms with Gasteiger partial charge in [0.2, 0.25) is 0 Å². The summed E-state index contributed by atoms with van der Waals surface area (Å²) in [5.74, 6) is -0.884. The molecule has 4 nitrogen and oxygen atoms in total. The Morgan fingerprint density at radius 2 is 1.09 bits per heavy atom. The van der Waals surface area contributed by atoms with Gasteiger partial charge in [-0.2, -0.15) is 0 Å². The van der Waals surface area contributed by atoms with E-state index in [-0.39, 0.29) is 0 Å². The summed E-state index contributed by atoms with van der Waals surface area (Å²) < 4.78 is 11.1. The molecule has 188 valence electrons. The maximum Gasteiger partial charge on any atom is 0.339 e. The number of ether oxygens (including phenoxy) is 2. The van der Waals surface area contributed by atoms with Gasteiger partial charge in [-0.3, -0.25) is 0 Å². The Hall–Kier alpha value is -2.36. The summed E-state index contributed by atoms with van der Waals surface area (Å²) in [5.41, 5.74) is 0.622. The Balaban J connectivity index is 1.91. The van der Waals surface area contributed by atoms with Crippen molar-refractivity contribution < 1.29 is 19.1 Å². The molecule has 0 spiro atoms. The number of carbonyl (C=O) groups excluding carboxylic acids is 2. The second kappa shape index (κ2) is 17.1. The summed E-state index contributed by atoms with van der Waals surface area (Å²) >= 11 is 0. The summed E-state index contributed by atoms with van der Waals surface area (Å²) in [7, 11) is 0. The third-order valence-corrected chi connectivity index (χ3v) is 6.32. The first-order valence-electron chi connectivity index (χ1n) is 13.5. The highest BCUT2D eigenvalue weighted by atomic mass is 16.5. The van der Waals surface area contributed by atoms with Crippen LogP contribution in [-0.4, -0.2) is 25.2 Å². The van der Waals surface area contributed by atoms with Crippen molar-refractivity contribution in [3.8, 4) is 0 Å². The fraction of sp³-hybridized carbons (Fsp3) is 0.600. The van der Waals surface area contributed by atoms with Crippen LogP contribution in [0.2, 0.25) is 0 Å². The Bertz CT molecular complexity index is 858. The first-order valence-corrected chi connectivity index (χ1v) is 13.5. The molecule has 0 fully saturated rings. The van der Waals surface area contributed by atoms with Crippen LogP contribution in [0.25, 0.3) is 10.8 Å². The molecule has 0 amide bonds. The topological polar surface area (TPSA) is 52.6 Å². The first-order chi connectivity index (χ1) is 16.7. The number of esters is 2. The second-order valence-electron chi connectivity index (χ2n) is 9.22. The van der Waals surface area contributed by atoms with E-state index in [0.29, 0.717) is 24.3 Å². The highest BCUT2D eigenvalue weighted by Crippen LogP contribution is 2.25. The van der Waals surface area contributed by atoms with Gasteiger partial charge >= 0.3 is 11.9 Å². The molecule has 0 saturated heterocycles. The third kappa shape index (κ3) is 9.87. The Kier molecular flexibility index (Phi) is 14.0. The van der Waals surface area contributed by atoms with Gasteiger partial charge in [0.05, 0.1) is 24.3 Å². The Morgan fingerprint density at radius 3 is 1.68 bits per heavy atom. The van der Waals surface area contributed by atoms with Crippen LogP contribution >= 0.6 is 0 Å². The van der Waals surface area contributed by atoms with Gasteiger partial charge in [0.1, 0.15) is 0 Å². The lowest BCUT2D eigenvalue weighted by molar-refractivity contribution is 0.0452. The van der Waals surface area contributed by atoms with Gasteiger partial charge in [0, 0.05) is 0 Å². The smallest absolute Gasteiger partial charge is 0.339 e. The molecule has 0 unspecified atom stereocenters. The van der Waals surface area contributed by atoms with Crippen molar-refractivity contribution in [2.24, 2.45) is 0 Å². The molecule has 0 bridgehead atoms. The molecular weight excluding hydrogens is 424 g/mol. The van der Waals surface area contributed by atoms with Crippen molar-refractivity contribution in [2.45, 2.75) is 104 Å². The van der Waals surface area contributed by atoms with Gasteiger partial charge in [-0.05, 0) is 29.7 Å². The molecule has 0 saturated carbocycles. The van der Waals surface area contributed by atoms with Gasteiger partial charge in [-0.25, -0.2) is 9.59 Å². The van der Waals surface area contributed by atoms with E-state index in [9.17, 15) is 9.59 Å². The zero-order valence-electron chi connectivity index (χ0n) is 21.4. The lowest BCUT2D eigenvalue weighted by atomic mass is 9.99. The first kappa shape index (κ1) is 27.9. The van der Waals surface area contributed by atoms with Crippen molar-refractivity contribution in [3.05, 3.63) is 47.5 Å². The highest BCUT2D eigenvalue weighted by molar-refractivity contribution is 6.12. The zero-order valence-corrected chi connectivity index (χ0v) is 21.4. The van der Waals surface area contributed by atoms with E-state index in [1.165, 1.54) is 64.2 Å². The number of hydrogen-bond donors (Lipinski definition) is 0. The largest absolute Gasteiger partial charge is 0.462 e. The molecule has 0 aliphatic rings. The van der Waals surface area contributed by atoms with Gasteiger partial charge < -0.3 is 9.47 Å². The summed E-state index contributed by atoms with van der Waals surface area (Å²) in [6.07, 6.45) is 16.2. The molecule has 0 heterocycles. The van der Waals surface area contributed by atoms with Gasteiger partial charge in [0.25, 0.3) is 0 Å². The molecule has 0 N–H and O–H groups in total. The van der Waals surface area contributed by atoms with E-state index in [1.807, 2.05) is 30.3 Å². The van der Waals surface area contributed by atoms with E-state index in [4.69, 9.17) is 9.47 Å². The monoisotopic (exact) mass is 468 g/mol. The molecular formula is C30H44O4. The van der Waals surface area contributed by atoms with Crippen molar-refractivity contribution >= 4 is 22.7 Å². The lowest BCUT2D eigenvalue weighted by Crippen LogP contribution is -2.15. The summed E-state index contributed by atoms with van der Waals surface area (Å²) in [6.45, 7) is 5.19. The van der Waals surface area contributed by atoms with Gasteiger partial charge in [-0.1, -0.05) is 121 Å². The fourth-order valence-electron chi connectivity index (χ4n) is 4.26. The fourth-order valence-corrected chi connectivity index (χ4v) is 4.26. The van der Waals surface area contributed by atoms with Crippen LogP contribution in [0.5, 0.6) is 0 Å². The standard InChI is InChI=1S/C30H44O4/c1-3-5-7-9-11-13-17-23-33-29(31)27-22-21-25-19-15-16-20-26(25)28(27)30(32)34-24-18-14-12-10-8-6-4-2/h15-16,19-22H,3-14,17-18,23-24H2,1-2H3. The zero-order chi connectivity index (χ0) is 24.4. The van der Waals surface area contributed by atoms with Crippen molar-refractivity contribution in [3.63, 3.8) is 0 Å². The Labute approximate surface area is 206 Å². The predicted octanol–water partition coefficient (Wildman–Crippen LogP) is 8.65. The van der Waals surface area contributed by atoms with Gasteiger partial charge in [-0.15, -0.1) is 0 Å². The number of benzene rings is 2. The maximum atomic E-state index is 13.0. The normalized spacial score (nSPS) is 11.0. The molecule has 0 atom stereocenters.